The van der Waals surface area contributed by atoms with Crippen LogP contribution in [0.5, 0.6) is 0 Å². The maximum atomic E-state index is 8.77. The third-order valence-electron chi connectivity index (χ3n) is 3.94. The summed E-state index contributed by atoms with van der Waals surface area (Å²) in [5, 5.41) is 0. The Bertz CT molecular complexity index is 249. The van der Waals surface area contributed by atoms with E-state index in [1.165, 1.54) is 82.0 Å². The maximum absolute atomic E-state index is 8.77. The van der Waals surface area contributed by atoms with Crippen LogP contribution < -0.4 is 17.2 Å². The van der Waals surface area contributed by atoms with Crippen molar-refractivity contribution in [2.24, 2.45) is 0 Å². The fourth-order valence-electron chi connectivity index (χ4n) is 2.64. The van der Waals surface area contributed by atoms with Crippen LogP contribution in [0.3, 0.4) is 0 Å². The summed E-state index contributed by atoms with van der Waals surface area (Å²) in [5.74, 6) is 0. The van der Waals surface area contributed by atoms with Gasteiger partial charge in [0, 0.05) is 0 Å². The molecule has 0 atom stereocenters. The van der Waals surface area contributed by atoms with Gasteiger partial charge in [-0.05, 0) is 25.7 Å². The molecule has 0 aliphatic rings. The lowest BCUT2D eigenvalue weighted by atomic mass is 10.1. The molecule has 8 N–H and O–H groups in total. The Balaban J connectivity index is -0.000000147. The summed E-state index contributed by atoms with van der Waals surface area (Å²) in [7, 11) is -4.89. The molecule has 0 saturated heterocycles. The van der Waals surface area contributed by atoms with Gasteiger partial charge in [-0.15, -0.1) is 17.0 Å². The van der Waals surface area contributed by atoms with Crippen LogP contribution in [0.4, 0.5) is 0 Å². The minimum absolute atomic E-state index is 0. The third-order valence-corrected chi connectivity index (χ3v) is 3.94. The highest BCUT2D eigenvalue weighted by Crippen LogP contribution is 2.19. The van der Waals surface area contributed by atoms with E-state index in [9.17, 15) is 0 Å². The molecular formula is C16H45BrN3O4P. The molecule has 0 rings (SSSR count). The normalized spacial score (nSPS) is 10.5. The van der Waals surface area contributed by atoms with Crippen molar-refractivity contribution in [2.75, 3.05) is 26.2 Å². The Morgan fingerprint density at radius 2 is 0.880 bits per heavy atom. The minimum atomic E-state index is -4.89. The van der Waals surface area contributed by atoms with Gasteiger partial charge in [0.15, 0.2) is 0 Å². The van der Waals surface area contributed by atoms with Crippen molar-refractivity contribution >= 4 is 24.8 Å². The van der Waals surface area contributed by atoms with Gasteiger partial charge < -0.3 is 31.5 Å². The van der Waals surface area contributed by atoms with E-state index in [1.54, 1.807) is 0 Å². The van der Waals surface area contributed by atoms with Crippen LogP contribution in [0, 0.1) is 0 Å². The standard InChI is InChI=1S/C16H36N.BrH.2H3N.H3O4P/c1-5-9-13-17(14-10-6-2,15-11-7-3)16-12-8-4;;;;1-5(2,3)4/h5-16H2,1-4H3;1H;2*1H3;(H3,1,2,3,4)/q+1;;;;/p-1. The van der Waals surface area contributed by atoms with Gasteiger partial charge in [0.1, 0.15) is 0 Å². The minimum Gasteiger partial charge on any atom is -0.756 e. The number of hydrogen-bond donors (Lipinski definition) is 4. The van der Waals surface area contributed by atoms with E-state index in [2.05, 4.69) is 27.7 Å². The van der Waals surface area contributed by atoms with Crippen LogP contribution in [0.15, 0.2) is 0 Å². The van der Waals surface area contributed by atoms with Gasteiger partial charge in [-0.25, -0.2) is 0 Å². The van der Waals surface area contributed by atoms with Crippen LogP contribution >= 0.6 is 24.8 Å². The van der Waals surface area contributed by atoms with Gasteiger partial charge in [0.05, 0.1) is 26.2 Å². The first-order valence-corrected chi connectivity index (χ1v) is 10.4. The molecule has 0 spiro atoms. The summed E-state index contributed by atoms with van der Waals surface area (Å²) in [6.45, 7) is 15.0. The number of halogens is 1. The zero-order chi connectivity index (χ0) is 17.5. The molecule has 0 fully saturated rings. The highest BCUT2D eigenvalue weighted by atomic mass is 79.9. The van der Waals surface area contributed by atoms with Crippen LogP contribution in [-0.2, 0) is 4.57 Å². The third kappa shape index (κ3) is 29.5. The van der Waals surface area contributed by atoms with Gasteiger partial charge >= 0.3 is 0 Å². The first kappa shape index (κ1) is 36.4. The molecule has 0 aliphatic carbocycles. The van der Waals surface area contributed by atoms with Crippen molar-refractivity contribution in [3.05, 3.63) is 0 Å². The number of hydrogen-bond acceptors (Lipinski definition) is 4. The lowest BCUT2D eigenvalue weighted by Crippen LogP contribution is -2.50. The molecule has 0 aromatic rings. The average molecular weight is 454 g/mol. The van der Waals surface area contributed by atoms with Gasteiger partial charge in [-0.3, -0.25) is 4.57 Å². The quantitative estimate of drug-likeness (QED) is 0.254. The molecule has 25 heavy (non-hydrogen) atoms. The van der Waals surface area contributed by atoms with E-state index in [1.807, 2.05) is 0 Å². The van der Waals surface area contributed by atoms with Crippen molar-refractivity contribution in [1.82, 2.24) is 12.3 Å². The Morgan fingerprint density at radius 1 is 0.720 bits per heavy atom. The van der Waals surface area contributed by atoms with Gasteiger partial charge in [0.25, 0.3) is 7.82 Å². The Labute approximate surface area is 166 Å². The molecule has 0 aromatic heterocycles. The van der Waals surface area contributed by atoms with Crippen LogP contribution in [0.2, 0.25) is 0 Å². The summed E-state index contributed by atoms with van der Waals surface area (Å²) < 4.78 is 10.2. The van der Waals surface area contributed by atoms with Gasteiger partial charge in [0.2, 0.25) is 0 Å². The number of nitrogens with zero attached hydrogens (tertiary/aromatic N) is 1. The number of unbranched alkanes of at least 4 members (excludes halogenated alkanes) is 4. The largest absolute Gasteiger partial charge is 0.756 e. The highest BCUT2D eigenvalue weighted by Gasteiger charge is 2.24. The molecule has 160 valence electrons. The molecule has 0 radical (unpaired) electrons. The lowest BCUT2D eigenvalue weighted by molar-refractivity contribution is -0.929. The van der Waals surface area contributed by atoms with Crippen LogP contribution in [0.1, 0.15) is 79.1 Å². The molecule has 0 amide bonds. The van der Waals surface area contributed by atoms with Gasteiger partial charge in [-0.1, -0.05) is 53.4 Å². The van der Waals surface area contributed by atoms with E-state index in [0.717, 1.165) is 0 Å². The van der Waals surface area contributed by atoms with Crippen molar-refractivity contribution in [3.63, 3.8) is 0 Å². The molecule has 0 bridgehead atoms. The van der Waals surface area contributed by atoms with E-state index >= 15 is 0 Å². The van der Waals surface area contributed by atoms with Crippen molar-refractivity contribution < 1.29 is 23.7 Å². The first-order valence-electron chi connectivity index (χ1n) is 8.86. The van der Waals surface area contributed by atoms with Crippen molar-refractivity contribution in [2.45, 2.75) is 79.1 Å². The summed E-state index contributed by atoms with van der Waals surface area (Å²) in [4.78, 5) is 22.9. The fourth-order valence-corrected chi connectivity index (χ4v) is 2.64. The van der Waals surface area contributed by atoms with Gasteiger partial charge in [-0.2, -0.15) is 0 Å². The highest BCUT2D eigenvalue weighted by molar-refractivity contribution is 8.93. The molecule has 9 heteroatoms. The molecule has 7 nitrogen and oxygen atoms in total. The molecular weight excluding hydrogens is 409 g/mol. The van der Waals surface area contributed by atoms with Crippen molar-refractivity contribution in [3.8, 4) is 0 Å². The molecule has 0 heterocycles. The second-order valence-electron chi connectivity index (χ2n) is 6.14. The molecule has 0 saturated carbocycles. The second kappa shape index (κ2) is 22.5. The molecule has 0 unspecified atom stereocenters. The Hall–Kier alpha value is 0.470. The zero-order valence-electron chi connectivity index (χ0n) is 16.9. The predicted octanol–water partition coefficient (Wildman–Crippen LogP) is 4.34. The van der Waals surface area contributed by atoms with E-state index < -0.39 is 7.82 Å². The van der Waals surface area contributed by atoms with E-state index in [0.29, 0.717) is 0 Å². The first-order chi connectivity index (χ1) is 10.2. The zero-order valence-corrected chi connectivity index (χ0v) is 19.5. The van der Waals surface area contributed by atoms with Crippen LogP contribution in [0.25, 0.3) is 0 Å². The number of quaternary nitrogens is 1. The summed E-state index contributed by atoms with van der Waals surface area (Å²) in [5.41, 5.74) is 0. The molecule has 0 aliphatic heterocycles. The summed E-state index contributed by atoms with van der Waals surface area (Å²) in [6.07, 6.45) is 11.1. The monoisotopic (exact) mass is 453 g/mol. The maximum Gasteiger partial charge on any atom is 0.262 e. The number of phosphoric acid groups is 1. The average Bonchev–Trinajstić information content (AvgIpc) is 2.44. The topological polar surface area (TPSA) is 151 Å². The smallest absolute Gasteiger partial charge is 0.262 e. The van der Waals surface area contributed by atoms with Crippen LogP contribution in [-0.4, -0.2) is 40.4 Å². The van der Waals surface area contributed by atoms with Crippen molar-refractivity contribution in [1.29, 1.82) is 0 Å². The summed E-state index contributed by atoms with van der Waals surface area (Å²) in [6, 6.07) is 0. The molecule has 0 aromatic carbocycles. The number of rotatable bonds is 12. The lowest BCUT2D eigenvalue weighted by Gasteiger charge is -2.39. The second-order valence-corrected chi connectivity index (χ2v) is 7.12. The Morgan fingerprint density at radius 3 is 1.00 bits per heavy atom. The van der Waals surface area contributed by atoms with E-state index in [4.69, 9.17) is 19.2 Å². The predicted molar refractivity (Wildman–Crippen MR) is 112 cm³/mol. The fraction of sp³-hybridized carbons (Fsp3) is 1.00. The SMILES string of the molecule is Br.CCCC[N+](CCCC)(CCCC)CCCC.N.N.O=P([O-])(O)O. The Kier molecular flexibility index (Phi) is 32.8. The van der Waals surface area contributed by atoms with E-state index in [-0.39, 0.29) is 29.3 Å². The summed E-state index contributed by atoms with van der Waals surface area (Å²) >= 11 is 0.